The van der Waals surface area contributed by atoms with E-state index in [1.54, 1.807) is 0 Å². The Kier molecular flexibility index (Phi) is 2.90. The topological polar surface area (TPSA) is 40.7 Å². The summed E-state index contributed by atoms with van der Waals surface area (Å²) in [6, 6.07) is 8.07. The SMILES string of the molecule is CCC(C)CNc1nc2ccccc2[nH]1. The maximum atomic E-state index is 4.45. The van der Waals surface area contributed by atoms with Gasteiger partial charge in [0.2, 0.25) is 5.95 Å². The number of H-pyrrole nitrogens is 1. The standard InChI is InChI=1S/C12H17N3/c1-3-9(2)8-13-12-14-10-6-4-5-7-11(10)15-12/h4-7,9H,3,8H2,1-2H3,(H2,13,14,15). The van der Waals surface area contributed by atoms with Gasteiger partial charge in [-0.05, 0) is 18.1 Å². The number of hydrogen-bond acceptors (Lipinski definition) is 2. The van der Waals surface area contributed by atoms with Crippen LogP contribution in [0.2, 0.25) is 0 Å². The Morgan fingerprint density at radius 1 is 1.40 bits per heavy atom. The molecule has 0 fully saturated rings. The number of nitrogens with zero attached hydrogens (tertiary/aromatic N) is 1. The van der Waals surface area contributed by atoms with Gasteiger partial charge in [-0.1, -0.05) is 32.4 Å². The number of anilines is 1. The average Bonchev–Trinajstić information content (AvgIpc) is 2.68. The van der Waals surface area contributed by atoms with E-state index in [4.69, 9.17) is 0 Å². The predicted molar refractivity (Wildman–Crippen MR) is 64.0 cm³/mol. The highest BCUT2D eigenvalue weighted by Crippen LogP contribution is 2.13. The molecule has 0 aliphatic heterocycles. The predicted octanol–water partition coefficient (Wildman–Crippen LogP) is 3.02. The van der Waals surface area contributed by atoms with Gasteiger partial charge in [0.25, 0.3) is 0 Å². The highest BCUT2D eigenvalue weighted by molar-refractivity contribution is 5.77. The van der Waals surface area contributed by atoms with Gasteiger partial charge < -0.3 is 10.3 Å². The van der Waals surface area contributed by atoms with Crippen molar-refractivity contribution in [1.82, 2.24) is 9.97 Å². The molecule has 0 spiro atoms. The summed E-state index contributed by atoms with van der Waals surface area (Å²) < 4.78 is 0. The third-order valence-electron chi connectivity index (χ3n) is 2.70. The first kappa shape index (κ1) is 10.0. The van der Waals surface area contributed by atoms with Crippen molar-refractivity contribution in [2.24, 2.45) is 5.92 Å². The van der Waals surface area contributed by atoms with Gasteiger partial charge in [-0.25, -0.2) is 4.98 Å². The first-order valence-corrected chi connectivity index (χ1v) is 5.48. The minimum absolute atomic E-state index is 0.679. The molecule has 2 N–H and O–H groups in total. The summed E-state index contributed by atoms with van der Waals surface area (Å²) in [4.78, 5) is 7.71. The first-order valence-electron chi connectivity index (χ1n) is 5.48. The Bertz CT molecular complexity index is 400. The van der Waals surface area contributed by atoms with Crippen molar-refractivity contribution < 1.29 is 0 Å². The summed E-state index contributed by atoms with van der Waals surface area (Å²) in [6.07, 6.45) is 1.19. The van der Waals surface area contributed by atoms with Crippen LogP contribution in [0.1, 0.15) is 20.3 Å². The van der Waals surface area contributed by atoms with Crippen LogP contribution in [0.3, 0.4) is 0 Å². The third-order valence-corrected chi connectivity index (χ3v) is 2.70. The van der Waals surface area contributed by atoms with E-state index in [9.17, 15) is 0 Å². The first-order chi connectivity index (χ1) is 7.29. The molecule has 2 rings (SSSR count). The molecule has 1 aromatic carbocycles. The molecule has 0 radical (unpaired) electrons. The van der Waals surface area contributed by atoms with E-state index < -0.39 is 0 Å². The molecule has 0 aliphatic rings. The summed E-state index contributed by atoms with van der Waals surface area (Å²) in [5, 5.41) is 3.32. The van der Waals surface area contributed by atoms with Crippen LogP contribution in [0.25, 0.3) is 11.0 Å². The van der Waals surface area contributed by atoms with Crippen molar-refractivity contribution in [3.05, 3.63) is 24.3 Å². The molecule has 1 atom stereocenters. The number of fused-ring (bicyclic) bond motifs is 1. The molecule has 80 valence electrons. The molecule has 0 saturated carbocycles. The van der Waals surface area contributed by atoms with Crippen LogP contribution in [-0.4, -0.2) is 16.5 Å². The van der Waals surface area contributed by atoms with Crippen molar-refractivity contribution in [3.8, 4) is 0 Å². The average molecular weight is 203 g/mol. The van der Waals surface area contributed by atoms with E-state index in [-0.39, 0.29) is 0 Å². The smallest absolute Gasteiger partial charge is 0.201 e. The zero-order valence-corrected chi connectivity index (χ0v) is 9.25. The number of aromatic nitrogens is 2. The molecule has 0 aliphatic carbocycles. The fraction of sp³-hybridized carbons (Fsp3) is 0.417. The van der Waals surface area contributed by atoms with Gasteiger partial charge in [-0.15, -0.1) is 0 Å². The Balaban J connectivity index is 2.09. The van der Waals surface area contributed by atoms with Crippen molar-refractivity contribution >= 4 is 17.0 Å². The minimum Gasteiger partial charge on any atom is -0.356 e. The van der Waals surface area contributed by atoms with Gasteiger partial charge in [-0.3, -0.25) is 0 Å². The minimum atomic E-state index is 0.679. The number of rotatable bonds is 4. The van der Waals surface area contributed by atoms with Crippen LogP contribution in [0.5, 0.6) is 0 Å². The van der Waals surface area contributed by atoms with E-state index in [2.05, 4.69) is 29.1 Å². The van der Waals surface area contributed by atoms with E-state index in [0.717, 1.165) is 23.5 Å². The summed E-state index contributed by atoms with van der Waals surface area (Å²) in [5.74, 6) is 1.55. The molecule has 1 heterocycles. The van der Waals surface area contributed by atoms with Crippen LogP contribution in [0.15, 0.2) is 24.3 Å². The Morgan fingerprint density at radius 3 is 2.93 bits per heavy atom. The number of benzene rings is 1. The lowest BCUT2D eigenvalue weighted by molar-refractivity contribution is 0.592. The summed E-state index contributed by atoms with van der Waals surface area (Å²) in [5.41, 5.74) is 2.10. The number of nitrogens with one attached hydrogen (secondary N) is 2. The molecule has 15 heavy (non-hydrogen) atoms. The van der Waals surface area contributed by atoms with Gasteiger partial charge in [0.15, 0.2) is 0 Å². The molecule has 1 unspecified atom stereocenters. The normalized spacial score (nSPS) is 12.9. The molecule has 0 amide bonds. The lowest BCUT2D eigenvalue weighted by atomic mass is 10.1. The van der Waals surface area contributed by atoms with Crippen LogP contribution < -0.4 is 5.32 Å². The highest BCUT2D eigenvalue weighted by Gasteiger charge is 2.02. The molecular weight excluding hydrogens is 186 g/mol. The molecule has 0 bridgehead atoms. The lowest BCUT2D eigenvalue weighted by Gasteiger charge is -2.08. The fourth-order valence-electron chi connectivity index (χ4n) is 1.45. The van der Waals surface area contributed by atoms with Crippen LogP contribution in [0.4, 0.5) is 5.95 Å². The van der Waals surface area contributed by atoms with E-state index in [1.165, 1.54) is 6.42 Å². The molecular formula is C12H17N3. The largest absolute Gasteiger partial charge is 0.356 e. The van der Waals surface area contributed by atoms with Crippen LogP contribution in [-0.2, 0) is 0 Å². The number of imidazole rings is 1. The molecule has 0 saturated heterocycles. The molecule has 3 nitrogen and oxygen atoms in total. The van der Waals surface area contributed by atoms with Gasteiger partial charge in [-0.2, -0.15) is 0 Å². The number of para-hydroxylation sites is 2. The quantitative estimate of drug-likeness (QED) is 0.802. The highest BCUT2D eigenvalue weighted by atomic mass is 15.1. The second-order valence-electron chi connectivity index (χ2n) is 4.00. The number of aromatic amines is 1. The summed E-state index contributed by atoms with van der Waals surface area (Å²) >= 11 is 0. The van der Waals surface area contributed by atoms with Crippen molar-refractivity contribution in [2.45, 2.75) is 20.3 Å². The zero-order chi connectivity index (χ0) is 10.7. The van der Waals surface area contributed by atoms with E-state index in [0.29, 0.717) is 5.92 Å². The summed E-state index contributed by atoms with van der Waals surface area (Å²) in [7, 11) is 0. The fourth-order valence-corrected chi connectivity index (χ4v) is 1.45. The second kappa shape index (κ2) is 4.34. The Hall–Kier alpha value is -1.51. The Morgan fingerprint density at radius 2 is 2.20 bits per heavy atom. The molecule has 1 aromatic heterocycles. The molecule has 3 heteroatoms. The van der Waals surface area contributed by atoms with Gasteiger partial charge in [0, 0.05) is 6.54 Å². The summed E-state index contributed by atoms with van der Waals surface area (Å²) in [6.45, 7) is 5.40. The van der Waals surface area contributed by atoms with Crippen molar-refractivity contribution in [3.63, 3.8) is 0 Å². The Labute approximate surface area is 89.9 Å². The van der Waals surface area contributed by atoms with E-state index in [1.807, 2.05) is 24.3 Å². The number of hydrogen-bond donors (Lipinski definition) is 2. The van der Waals surface area contributed by atoms with Gasteiger partial charge in [0.05, 0.1) is 11.0 Å². The lowest BCUT2D eigenvalue weighted by Crippen LogP contribution is -2.10. The van der Waals surface area contributed by atoms with Crippen LogP contribution >= 0.6 is 0 Å². The monoisotopic (exact) mass is 203 g/mol. The zero-order valence-electron chi connectivity index (χ0n) is 9.25. The maximum absolute atomic E-state index is 4.45. The molecule has 2 aromatic rings. The van der Waals surface area contributed by atoms with Crippen molar-refractivity contribution in [1.29, 1.82) is 0 Å². The van der Waals surface area contributed by atoms with Crippen LogP contribution in [0, 0.1) is 5.92 Å². The van der Waals surface area contributed by atoms with Crippen molar-refractivity contribution in [2.75, 3.05) is 11.9 Å². The maximum Gasteiger partial charge on any atom is 0.201 e. The van der Waals surface area contributed by atoms with E-state index >= 15 is 0 Å². The third kappa shape index (κ3) is 2.29. The van der Waals surface area contributed by atoms with Gasteiger partial charge in [0.1, 0.15) is 0 Å². The second-order valence-corrected chi connectivity index (χ2v) is 4.00. The van der Waals surface area contributed by atoms with Gasteiger partial charge >= 0.3 is 0 Å².